The average Bonchev–Trinajstić information content (AvgIpc) is 3.21. The molecule has 8 nitrogen and oxygen atoms in total. The number of ketones is 1. The zero-order chi connectivity index (χ0) is 20.8. The summed E-state index contributed by atoms with van der Waals surface area (Å²) in [5.41, 5.74) is 1.50. The number of carbonyl (C=O) groups excluding carboxylic acids is 3. The number of aromatic nitrogens is 2. The summed E-state index contributed by atoms with van der Waals surface area (Å²) in [4.78, 5) is 37.8. The minimum absolute atomic E-state index is 0.0347. The molecule has 154 valence electrons. The smallest absolute Gasteiger partial charge is 0.310 e. The van der Waals surface area contributed by atoms with Crippen molar-refractivity contribution in [2.24, 2.45) is 5.92 Å². The molecule has 2 aromatic rings. The van der Waals surface area contributed by atoms with Crippen LogP contribution in [-0.4, -0.2) is 52.5 Å². The number of Topliss-reactive ketones (excluding diaryl/α,β-unsaturated/α-hetero) is 1. The first kappa shape index (κ1) is 20.6. The number of piperidine rings is 1. The molecule has 1 aromatic carbocycles. The van der Waals surface area contributed by atoms with Gasteiger partial charge in [0.15, 0.2) is 11.5 Å². The van der Waals surface area contributed by atoms with Crippen LogP contribution in [0.1, 0.15) is 53.2 Å². The molecular formula is C21H25N3O5. The Labute approximate surface area is 169 Å². The predicted molar refractivity (Wildman–Crippen MR) is 105 cm³/mol. The molecule has 29 heavy (non-hydrogen) atoms. The number of esters is 1. The number of nitrogens with one attached hydrogen (secondary N) is 1. The molecule has 1 aliphatic heterocycles. The maximum Gasteiger partial charge on any atom is 0.310 e. The van der Waals surface area contributed by atoms with Crippen molar-refractivity contribution in [2.75, 3.05) is 19.7 Å². The molecule has 0 spiro atoms. The third-order valence-electron chi connectivity index (χ3n) is 4.81. The molecule has 0 aliphatic carbocycles. The fourth-order valence-corrected chi connectivity index (χ4v) is 3.29. The predicted octanol–water partition coefficient (Wildman–Crippen LogP) is 2.61. The number of aromatic amines is 1. The summed E-state index contributed by atoms with van der Waals surface area (Å²) in [6.07, 6.45) is 1.48. The summed E-state index contributed by atoms with van der Waals surface area (Å²) in [5, 5.41) is 6.90. The molecular weight excluding hydrogens is 374 g/mol. The highest BCUT2D eigenvalue weighted by Crippen LogP contribution is 2.20. The Balaban J connectivity index is 1.59. The third-order valence-corrected chi connectivity index (χ3v) is 4.81. The molecule has 0 radical (unpaired) electrons. The Hall–Kier alpha value is -3.16. The number of hydrogen-bond donors (Lipinski definition) is 1. The van der Waals surface area contributed by atoms with Gasteiger partial charge >= 0.3 is 5.97 Å². The van der Waals surface area contributed by atoms with Crippen molar-refractivity contribution >= 4 is 17.7 Å². The Morgan fingerprint density at radius 1 is 1.28 bits per heavy atom. The lowest BCUT2D eigenvalue weighted by Gasteiger charge is -2.31. The molecule has 2 heterocycles. The summed E-state index contributed by atoms with van der Waals surface area (Å²) in [6.45, 7) is 4.72. The van der Waals surface area contributed by atoms with E-state index in [1.165, 1.54) is 6.92 Å². The number of amides is 1. The van der Waals surface area contributed by atoms with Crippen LogP contribution in [0.25, 0.3) is 0 Å². The van der Waals surface area contributed by atoms with Crippen molar-refractivity contribution in [1.82, 2.24) is 15.1 Å². The van der Waals surface area contributed by atoms with Gasteiger partial charge in [0, 0.05) is 18.7 Å². The van der Waals surface area contributed by atoms with E-state index >= 15 is 0 Å². The molecule has 3 rings (SSSR count). The fraction of sp³-hybridized carbons (Fsp3) is 0.429. The monoisotopic (exact) mass is 399 g/mol. The number of carbonyl (C=O) groups is 3. The van der Waals surface area contributed by atoms with Crippen molar-refractivity contribution in [3.8, 4) is 5.75 Å². The zero-order valence-electron chi connectivity index (χ0n) is 16.6. The second kappa shape index (κ2) is 9.36. The number of H-pyrrole nitrogens is 1. The Morgan fingerprint density at radius 2 is 2.10 bits per heavy atom. The van der Waals surface area contributed by atoms with E-state index in [0.717, 1.165) is 12.8 Å². The Bertz CT molecular complexity index is 892. The Kier molecular flexibility index (Phi) is 6.64. The lowest BCUT2D eigenvalue weighted by Crippen LogP contribution is -2.43. The largest absolute Gasteiger partial charge is 0.487 e. The van der Waals surface area contributed by atoms with Gasteiger partial charge in [-0.15, -0.1) is 0 Å². The maximum atomic E-state index is 12.7. The first-order valence-corrected chi connectivity index (χ1v) is 9.72. The van der Waals surface area contributed by atoms with Crippen molar-refractivity contribution in [2.45, 2.75) is 33.3 Å². The molecule has 1 N–H and O–H groups in total. The molecule has 1 saturated heterocycles. The quantitative estimate of drug-likeness (QED) is 0.567. The summed E-state index contributed by atoms with van der Waals surface area (Å²) in [6, 6.07) is 8.56. The van der Waals surface area contributed by atoms with Crippen LogP contribution in [0.5, 0.6) is 5.75 Å². The van der Waals surface area contributed by atoms with Crippen LogP contribution in [0.2, 0.25) is 0 Å². The highest BCUT2D eigenvalue weighted by molar-refractivity contribution is 5.94. The van der Waals surface area contributed by atoms with E-state index < -0.39 is 0 Å². The van der Waals surface area contributed by atoms with Gasteiger partial charge in [0.2, 0.25) is 0 Å². The minimum Gasteiger partial charge on any atom is -0.487 e. The number of rotatable bonds is 7. The molecule has 0 unspecified atom stereocenters. The molecule has 1 atom stereocenters. The fourth-order valence-electron chi connectivity index (χ4n) is 3.29. The van der Waals surface area contributed by atoms with Gasteiger partial charge in [-0.1, -0.05) is 12.1 Å². The van der Waals surface area contributed by atoms with Gasteiger partial charge in [-0.25, -0.2) is 0 Å². The van der Waals surface area contributed by atoms with Crippen molar-refractivity contribution < 1.29 is 23.9 Å². The zero-order valence-corrected chi connectivity index (χ0v) is 16.6. The maximum absolute atomic E-state index is 12.7. The minimum atomic E-state index is -0.289. The van der Waals surface area contributed by atoms with Gasteiger partial charge in [-0.2, -0.15) is 5.10 Å². The van der Waals surface area contributed by atoms with E-state index in [9.17, 15) is 14.4 Å². The highest BCUT2D eigenvalue weighted by atomic mass is 16.5. The van der Waals surface area contributed by atoms with E-state index in [1.54, 1.807) is 42.2 Å². The molecule has 1 aliphatic rings. The molecule has 1 fully saturated rings. The SMILES string of the molecule is CCOC(=O)[C@H]1CCCN(C(=O)c2cc(COc3cccc(C(C)=O)c3)[nH]n2)C1. The van der Waals surface area contributed by atoms with Gasteiger partial charge < -0.3 is 14.4 Å². The van der Waals surface area contributed by atoms with E-state index in [2.05, 4.69) is 10.2 Å². The number of benzene rings is 1. The topological polar surface area (TPSA) is 102 Å². The van der Waals surface area contributed by atoms with Gasteiger partial charge in [0.25, 0.3) is 5.91 Å². The number of likely N-dealkylation sites (tertiary alicyclic amines) is 1. The van der Waals surface area contributed by atoms with Crippen molar-refractivity contribution in [1.29, 1.82) is 0 Å². The van der Waals surface area contributed by atoms with Crippen LogP contribution in [-0.2, 0) is 16.1 Å². The number of nitrogens with zero attached hydrogens (tertiary/aromatic N) is 2. The molecule has 0 saturated carbocycles. The molecule has 0 bridgehead atoms. The van der Waals surface area contributed by atoms with Gasteiger partial charge in [-0.3, -0.25) is 19.5 Å². The van der Waals surface area contributed by atoms with Crippen LogP contribution >= 0.6 is 0 Å². The first-order chi connectivity index (χ1) is 14.0. The lowest BCUT2D eigenvalue weighted by molar-refractivity contribution is -0.149. The molecule has 1 amide bonds. The second-order valence-electron chi connectivity index (χ2n) is 6.99. The number of hydrogen-bond acceptors (Lipinski definition) is 6. The van der Waals surface area contributed by atoms with Crippen LogP contribution in [0.3, 0.4) is 0 Å². The van der Waals surface area contributed by atoms with Gasteiger partial charge in [0.1, 0.15) is 12.4 Å². The first-order valence-electron chi connectivity index (χ1n) is 9.72. The summed E-state index contributed by atoms with van der Waals surface area (Å²) < 4.78 is 10.8. The van der Waals surface area contributed by atoms with Gasteiger partial charge in [0.05, 0.1) is 18.2 Å². The second-order valence-corrected chi connectivity index (χ2v) is 6.99. The standard InChI is InChI=1S/C21H25N3O5/c1-3-28-21(27)16-7-5-9-24(12-16)20(26)19-11-17(22-23-19)13-29-18-8-4-6-15(10-18)14(2)25/h4,6,8,10-11,16H,3,5,7,9,12-13H2,1-2H3,(H,22,23)/t16-/m0/s1. The van der Waals surface area contributed by atoms with E-state index in [1.807, 2.05) is 0 Å². The van der Waals surface area contributed by atoms with Crippen molar-refractivity contribution in [3.63, 3.8) is 0 Å². The number of ether oxygens (including phenoxy) is 2. The van der Waals surface area contributed by atoms with E-state index in [-0.39, 0.29) is 35.9 Å². The van der Waals surface area contributed by atoms with Crippen LogP contribution in [0.4, 0.5) is 0 Å². The van der Waals surface area contributed by atoms with Crippen LogP contribution in [0, 0.1) is 5.92 Å². The average molecular weight is 399 g/mol. The Morgan fingerprint density at radius 3 is 2.86 bits per heavy atom. The highest BCUT2D eigenvalue weighted by Gasteiger charge is 2.30. The normalized spacial score (nSPS) is 16.3. The third kappa shape index (κ3) is 5.22. The lowest BCUT2D eigenvalue weighted by atomic mass is 9.98. The van der Waals surface area contributed by atoms with E-state index in [0.29, 0.717) is 36.7 Å². The summed E-state index contributed by atoms with van der Waals surface area (Å²) >= 11 is 0. The van der Waals surface area contributed by atoms with Crippen LogP contribution in [0.15, 0.2) is 30.3 Å². The summed E-state index contributed by atoms with van der Waals surface area (Å²) in [7, 11) is 0. The van der Waals surface area contributed by atoms with E-state index in [4.69, 9.17) is 9.47 Å². The van der Waals surface area contributed by atoms with Gasteiger partial charge in [-0.05, 0) is 44.9 Å². The van der Waals surface area contributed by atoms with Crippen molar-refractivity contribution in [3.05, 3.63) is 47.3 Å². The molecule has 8 heteroatoms. The summed E-state index contributed by atoms with van der Waals surface area (Å²) in [5.74, 6) is -0.238. The van der Waals surface area contributed by atoms with Crippen LogP contribution < -0.4 is 4.74 Å². The molecule has 1 aromatic heterocycles.